The number of hydrogen-bond acceptors (Lipinski definition) is 2. The summed E-state index contributed by atoms with van der Waals surface area (Å²) in [5, 5.41) is 13.9. The minimum absolute atomic E-state index is 0.0123. The van der Waals surface area contributed by atoms with E-state index in [1.165, 1.54) is 36.4 Å². The van der Waals surface area contributed by atoms with Crippen LogP contribution in [0.15, 0.2) is 48.5 Å². The third-order valence-electron chi connectivity index (χ3n) is 2.51. The second kappa shape index (κ2) is 5.83. The van der Waals surface area contributed by atoms with Crippen molar-refractivity contribution in [1.29, 1.82) is 0 Å². The molecule has 0 aliphatic rings. The van der Waals surface area contributed by atoms with Gasteiger partial charge in [0, 0.05) is 5.69 Å². The molecule has 3 N–H and O–H groups in total. The van der Waals surface area contributed by atoms with E-state index in [-0.39, 0.29) is 11.3 Å². The van der Waals surface area contributed by atoms with Gasteiger partial charge < -0.3 is 15.7 Å². The van der Waals surface area contributed by atoms with Crippen molar-refractivity contribution < 1.29 is 19.1 Å². The Morgan fingerprint density at radius 2 is 1.60 bits per heavy atom. The Morgan fingerprint density at radius 1 is 0.950 bits per heavy atom. The average Bonchev–Trinajstić information content (AvgIpc) is 2.41. The molecule has 0 radical (unpaired) electrons. The first-order chi connectivity index (χ1) is 9.56. The summed E-state index contributed by atoms with van der Waals surface area (Å²) in [5.41, 5.74) is 0.568. The molecule has 102 valence electrons. The quantitative estimate of drug-likeness (QED) is 0.804. The fourth-order valence-electron chi connectivity index (χ4n) is 1.60. The van der Waals surface area contributed by atoms with E-state index in [1.807, 2.05) is 0 Å². The maximum Gasteiger partial charge on any atom is 0.337 e. The number of benzene rings is 2. The molecule has 0 atom stereocenters. The predicted octanol–water partition coefficient (Wildman–Crippen LogP) is 3.17. The molecular formula is C14H11FN2O3. The number of urea groups is 1. The number of halogens is 1. The van der Waals surface area contributed by atoms with E-state index in [0.717, 1.165) is 0 Å². The molecule has 2 aromatic rings. The van der Waals surface area contributed by atoms with E-state index >= 15 is 0 Å². The van der Waals surface area contributed by atoms with E-state index < -0.39 is 17.8 Å². The summed E-state index contributed by atoms with van der Waals surface area (Å²) in [5.74, 6) is -1.55. The number of carbonyl (C=O) groups excluding carboxylic acids is 1. The van der Waals surface area contributed by atoms with Gasteiger partial charge in [-0.05, 0) is 36.4 Å². The summed E-state index contributed by atoms with van der Waals surface area (Å²) in [4.78, 5) is 22.7. The number of carboxylic acid groups (broad SMARTS) is 1. The minimum atomic E-state index is -1.14. The van der Waals surface area contributed by atoms with E-state index in [2.05, 4.69) is 10.6 Å². The summed E-state index contributed by atoms with van der Waals surface area (Å²) in [6, 6.07) is 10.7. The van der Waals surface area contributed by atoms with Gasteiger partial charge in [-0.25, -0.2) is 14.0 Å². The van der Waals surface area contributed by atoms with Gasteiger partial charge in [-0.1, -0.05) is 12.1 Å². The molecule has 5 nitrogen and oxygen atoms in total. The van der Waals surface area contributed by atoms with Gasteiger partial charge >= 0.3 is 12.0 Å². The maximum absolute atomic E-state index is 12.7. The number of anilines is 2. The monoisotopic (exact) mass is 274 g/mol. The Labute approximate surface area is 114 Å². The first kappa shape index (κ1) is 13.5. The number of para-hydroxylation sites is 1. The minimum Gasteiger partial charge on any atom is -0.478 e. The van der Waals surface area contributed by atoms with Crippen LogP contribution in [-0.4, -0.2) is 17.1 Å². The zero-order valence-corrected chi connectivity index (χ0v) is 10.3. The molecule has 6 heteroatoms. The molecule has 0 aliphatic carbocycles. The third kappa shape index (κ3) is 3.32. The Bertz CT molecular complexity index is 641. The van der Waals surface area contributed by atoms with Crippen molar-refractivity contribution in [2.75, 3.05) is 10.6 Å². The van der Waals surface area contributed by atoms with E-state index in [1.54, 1.807) is 12.1 Å². The summed E-state index contributed by atoms with van der Waals surface area (Å²) >= 11 is 0. The van der Waals surface area contributed by atoms with Crippen LogP contribution >= 0.6 is 0 Å². The van der Waals surface area contributed by atoms with Crippen molar-refractivity contribution in [1.82, 2.24) is 0 Å². The number of hydrogen-bond donors (Lipinski definition) is 3. The fourth-order valence-corrected chi connectivity index (χ4v) is 1.60. The van der Waals surface area contributed by atoms with Crippen LogP contribution in [0.3, 0.4) is 0 Å². The zero-order chi connectivity index (χ0) is 14.5. The first-order valence-corrected chi connectivity index (χ1v) is 5.72. The first-order valence-electron chi connectivity index (χ1n) is 5.72. The van der Waals surface area contributed by atoms with Gasteiger partial charge in [0.25, 0.3) is 0 Å². The van der Waals surface area contributed by atoms with Gasteiger partial charge in [0.15, 0.2) is 0 Å². The van der Waals surface area contributed by atoms with Crippen LogP contribution in [-0.2, 0) is 0 Å². The molecule has 0 unspecified atom stereocenters. The lowest BCUT2D eigenvalue weighted by molar-refractivity contribution is 0.0698. The van der Waals surface area contributed by atoms with Gasteiger partial charge in [0.1, 0.15) is 5.82 Å². The molecule has 0 heterocycles. The van der Waals surface area contributed by atoms with Crippen LogP contribution in [0.1, 0.15) is 10.4 Å². The topological polar surface area (TPSA) is 78.4 Å². The number of carboxylic acids is 1. The molecule has 0 aromatic heterocycles. The largest absolute Gasteiger partial charge is 0.478 e. The summed E-state index contributed by atoms with van der Waals surface area (Å²) in [7, 11) is 0. The van der Waals surface area contributed by atoms with Crippen molar-refractivity contribution in [2.45, 2.75) is 0 Å². The van der Waals surface area contributed by atoms with Crippen LogP contribution in [0.5, 0.6) is 0 Å². The Morgan fingerprint density at radius 3 is 2.25 bits per heavy atom. The van der Waals surface area contributed by atoms with Crippen molar-refractivity contribution in [3.8, 4) is 0 Å². The highest BCUT2D eigenvalue weighted by Gasteiger charge is 2.11. The van der Waals surface area contributed by atoms with Crippen LogP contribution in [0.25, 0.3) is 0 Å². The number of rotatable bonds is 3. The highest BCUT2D eigenvalue weighted by molar-refractivity contribution is 6.04. The Hall–Kier alpha value is -2.89. The van der Waals surface area contributed by atoms with Crippen molar-refractivity contribution in [3.63, 3.8) is 0 Å². The molecule has 0 saturated carbocycles. The van der Waals surface area contributed by atoms with Crippen LogP contribution in [0, 0.1) is 5.82 Å². The van der Waals surface area contributed by atoms with E-state index in [4.69, 9.17) is 5.11 Å². The second-order valence-corrected chi connectivity index (χ2v) is 3.94. The van der Waals surface area contributed by atoms with Crippen molar-refractivity contribution in [3.05, 3.63) is 59.9 Å². The third-order valence-corrected chi connectivity index (χ3v) is 2.51. The molecule has 20 heavy (non-hydrogen) atoms. The van der Waals surface area contributed by atoms with Gasteiger partial charge in [-0.3, -0.25) is 0 Å². The molecule has 0 spiro atoms. The Kier molecular flexibility index (Phi) is 3.95. The fraction of sp³-hybridized carbons (Fsp3) is 0. The number of aromatic carboxylic acids is 1. The van der Waals surface area contributed by atoms with Gasteiger partial charge in [-0.15, -0.1) is 0 Å². The highest BCUT2D eigenvalue weighted by atomic mass is 19.1. The van der Waals surface area contributed by atoms with Gasteiger partial charge in [0.05, 0.1) is 11.3 Å². The molecule has 0 fully saturated rings. The van der Waals surface area contributed by atoms with Crippen LogP contribution in [0.2, 0.25) is 0 Å². The Balaban J connectivity index is 2.08. The average molecular weight is 274 g/mol. The SMILES string of the molecule is O=C(Nc1ccc(F)cc1)Nc1ccccc1C(=O)O. The van der Waals surface area contributed by atoms with E-state index in [0.29, 0.717) is 5.69 Å². The van der Waals surface area contributed by atoms with Crippen LogP contribution in [0.4, 0.5) is 20.6 Å². The second-order valence-electron chi connectivity index (χ2n) is 3.94. The summed E-state index contributed by atoms with van der Waals surface area (Å²) in [6.07, 6.45) is 0. The summed E-state index contributed by atoms with van der Waals surface area (Å²) in [6.45, 7) is 0. The molecule has 0 saturated heterocycles. The smallest absolute Gasteiger partial charge is 0.337 e. The lowest BCUT2D eigenvalue weighted by Gasteiger charge is -2.09. The van der Waals surface area contributed by atoms with Gasteiger partial charge in [-0.2, -0.15) is 0 Å². The van der Waals surface area contributed by atoms with Crippen LogP contribution < -0.4 is 10.6 Å². The number of nitrogens with one attached hydrogen (secondary N) is 2. The molecule has 2 amide bonds. The lowest BCUT2D eigenvalue weighted by atomic mass is 10.2. The number of carbonyl (C=O) groups is 2. The zero-order valence-electron chi connectivity index (χ0n) is 10.3. The molecule has 2 aromatic carbocycles. The predicted molar refractivity (Wildman–Crippen MR) is 72.4 cm³/mol. The molecular weight excluding hydrogens is 263 g/mol. The normalized spacial score (nSPS) is 9.85. The van der Waals surface area contributed by atoms with E-state index in [9.17, 15) is 14.0 Å². The van der Waals surface area contributed by atoms with Gasteiger partial charge in [0.2, 0.25) is 0 Å². The molecule has 0 aliphatic heterocycles. The van der Waals surface area contributed by atoms with Crippen molar-refractivity contribution in [2.24, 2.45) is 0 Å². The highest BCUT2D eigenvalue weighted by Crippen LogP contribution is 2.15. The molecule has 2 rings (SSSR count). The standard InChI is InChI=1S/C14H11FN2O3/c15-9-5-7-10(8-6-9)16-14(20)17-12-4-2-1-3-11(12)13(18)19/h1-8H,(H,18,19)(H2,16,17,20). The lowest BCUT2D eigenvalue weighted by Crippen LogP contribution is -2.20. The number of amides is 2. The van der Waals surface area contributed by atoms with Crippen molar-refractivity contribution >= 4 is 23.4 Å². The maximum atomic E-state index is 12.7. The summed E-state index contributed by atoms with van der Waals surface area (Å²) < 4.78 is 12.7. The molecule has 0 bridgehead atoms.